The molecule has 0 aliphatic heterocycles. The van der Waals surface area contributed by atoms with Crippen molar-refractivity contribution in [3.8, 4) is 0 Å². The van der Waals surface area contributed by atoms with E-state index in [0.717, 1.165) is 9.71 Å². The summed E-state index contributed by atoms with van der Waals surface area (Å²) in [5, 5.41) is 12.0. The highest BCUT2D eigenvalue weighted by molar-refractivity contribution is 8.00. The van der Waals surface area contributed by atoms with Crippen LogP contribution < -0.4 is 11.0 Å². The summed E-state index contributed by atoms with van der Waals surface area (Å²) in [5.41, 5.74) is 0.650. The predicted octanol–water partition coefficient (Wildman–Crippen LogP) is 2.42. The van der Waals surface area contributed by atoms with E-state index in [2.05, 4.69) is 36.3 Å². The number of nitrogens with zero attached hydrogens (tertiary/aromatic N) is 4. The Morgan fingerprint density at radius 2 is 1.84 bits per heavy atom. The number of carbonyl (C=O) groups is 1. The van der Waals surface area contributed by atoms with Crippen molar-refractivity contribution in [2.24, 2.45) is 0 Å². The molecule has 0 spiro atoms. The molecular formula is C17H19N5O2S. The van der Waals surface area contributed by atoms with Crippen LogP contribution in [0.2, 0.25) is 0 Å². The summed E-state index contributed by atoms with van der Waals surface area (Å²) in [7, 11) is 0. The molecule has 0 unspecified atom stereocenters. The molecule has 0 aliphatic rings. The summed E-state index contributed by atoms with van der Waals surface area (Å²) >= 11 is 1.56. The van der Waals surface area contributed by atoms with Crippen molar-refractivity contribution in [3.05, 3.63) is 52.9 Å². The second kappa shape index (κ2) is 6.72. The van der Waals surface area contributed by atoms with Gasteiger partial charge in [-0.3, -0.25) is 4.79 Å². The van der Waals surface area contributed by atoms with Gasteiger partial charge in [0, 0.05) is 10.4 Å². The molecule has 130 valence electrons. The lowest BCUT2D eigenvalue weighted by molar-refractivity contribution is -0.117. The fraction of sp³-hybridized carbons (Fsp3) is 0.294. The van der Waals surface area contributed by atoms with Crippen LogP contribution in [-0.2, 0) is 11.3 Å². The lowest BCUT2D eigenvalue weighted by Gasteiger charge is -2.16. The number of hydrogen-bond donors (Lipinski definition) is 1. The van der Waals surface area contributed by atoms with Crippen LogP contribution in [-0.4, -0.2) is 30.0 Å². The van der Waals surface area contributed by atoms with Crippen molar-refractivity contribution in [3.63, 3.8) is 0 Å². The molecule has 0 fully saturated rings. The van der Waals surface area contributed by atoms with Crippen LogP contribution >= 0.6 is 11.8 Å². The zero-order chi connectivity index (χ0) is 18.0. The van der Waals surface area contributed by atoms with E-state index >= 15 is 0 Å². The second-order valence-corrected chi connectivity index (χ2v) is 8.36. The topological polar surface area (TPSA) is 81.3 Å². The molecule has 2 aromatic heterocycles. The molecule has 0 saturated heterocycles. The van der Waals surface area contributed by atoms with E-state index in [1.54, 1.807) is 30.0 Å². The highest BCUT2D eigenvalue weighted by atomic mass is 32.2. The van der Waals surface area contributed by atoms with E-state index in [-0.39, 0.29) is 17.2 Å². The van der Waals surface area contributed by atoms with Gasteiger partial charge in [-0.1, -0.05) is 50.7 Å². The minimum absolute atomic E-state index is 0.0180. The summed E-state index contributed by atoms with van der Waals surface area (Å²) < 4.78 is 2.33. The van der Waals surface area contributed by atoms with Crippen LogP contribution in [0, 0.1) is 0 Å². The van der Waals surface area contributed by atoms with Crippen LogP contribution in [0.1, 0.15) is 20.8 Å². The van der Waals surface area contributed by atoms with Crippen molar-refractivity contribution in [2.45, 2.75) is 37.1 Å². The summed E-state index contributed by atoms with van der Waals surface area (Å²) in [6, 6.07) is 12.6. The van der Waals surface area contributed by atoms with Gasteiger partial charge < -0.3 is 5.32 Å². The quantitative estimate of drug-likeness (QED) is 0.725. The molecule has 0 aliphatic carbocycles. The Bertz CT molecular complexity index is 957. The van der Waals surface area contributed by atoms with Crippen molar-refractivity contribution < 1.29 is 4.79 Å². The number of amides is 1. The first kappa shape index (κ1) is 17.2. The van der Waals surface area contributed by atoms with E-state index < -0.39 is 5.69 Å². The number of nitrogens with one attached hydrogen (secondary N) is 1. The van der Waals surface area contributed by atoms with Crippen LogP contribution in [0.25, 0.3) is 5.65 Å². The molecule has 3 aromatic rings. The fourth-order valence-corrected chi connectivity index (χ4v) is 3.11. The molecule has 7 nitrogen and oxygen atoms in total. The summed E-state index contributed by atoms with van der Waals surface area (Å²) in [4.78, 5) is 24.6. The number of hydrogen-bond acceptors (Lipinski definition) is 5. The average Bonchev–Trinajstić information content (AvgIpc) is 2.83. The predicted molar refractivity (Wildman–Crippen MR) is 97.9 cm³/mol. The molecule has 0 saturated carbocycles. The number of anilines is 1. The van der Waals surface area contributed by atoms with Gasteiger partial charge in [0.2, 0.25) is 5.91 Å². The molecule has 0 atom stereocenters. The molecule has 1 N–H and O–H groups in total. The minimum Gasteiger partial charge on any atom is -0.324 e. The lowest BCUT2D eigenvalue weighted by atomic mass is 10.3. The van der Waals surface area contributed by atoms with Crippen LogP contribution in [0.15, 0.2) is 52.3 Å². The van der Waals surface area contributed by atoms with Gasteiger partial charge in [0.15, 0.2) is 5.65 Å². The number of para-hydroxylation sites is 1. The molecule has 0 radical (unpaired) electrons. The smallest absolute Gasteiger partial charge is 0.324 e. The minimum atomic E-state index is -0.436. The monoisotopic (exact) mass is 357 g/mol. The Hall–Kier alpha value is -2.61. The van der Waals surface area contributed by atoms with Crippen LogP contribution in [0.4, 0.5) is 5.69 Å². The number of rotatable bonds is 4. The van der Waals surface area contributed by atoms with Crippen LogP contribution in [0.5, 0.6) is 0 Å². The number of aromatic nitrogens is 4. The molecular weight excluding hydrogens is 338 g/mol. The van der Waals surface area contributed by atoms with Gasteiger partial charge in [0.1, 0.15) is 11.6 Å². The summed E-state index contributed by atoms with van der Waals surface area (Å²) in [6.07, 6.45) is 0. The fourth-order valence-electron chi connectivity index (χ4n) is 2.22. The van der Waals surface area contributed by atoms with Crippen molar-refractivity contribution in [1.29, 1.82) is 0 Å². The van der Waals surface area contributed by atoms with Gasteiger partial charge >= 0.3 is 5.69 Å². The number of carbonyl (C=O) groups excluding carboxylic acids is 1. The summed E-state index contributed by atoms with van der Waals surface area (Å²) in [6.45, 7) is 6.05. The van der Waals surface area contributed by atoms with E-state index in [0.29, 0.717) is 11.3 Å². The third kappa shape index (κ3) is 4.27. The zero-order valence-corrected chi connectivity index (χ0v) is 15.1. The van der Waals surface area contributed by atoms with Gasteiger partial charge in [0.25, 0.3) is 0 Å². The molecule has 3 rings (SSSR count). The molecule has 8 heteroatoms. The van der Waals surface area contributed by atoms with E-state index in [9.17, 15) is 9.59 Å². The largest absolute Gasteiger partial charge is 0.367 e. The Morgan fingerprint density at radius 1 is 1.12 bits per heavy atom. The van der Waals surface area contributed by atoms with Crippen molar-refractivity contribution in [2.75, 3.05) is 5.32 Å². The SMILES string of the molecule is CC(C)(C)Sc1ccc2nn(CC(=O)Nc3ccccc3)c(=O)n2n1. The third-order valence-electron chi connectivity index (χ3n) is 3.18. The molecule has 25 heavy (non-hydrogen) atoms. The standard InChI is InChI=1S/C17H19N5O2S/c1-17(2,3)25-15-10-9-13-19-21(16(24)22(13)20-15)11-14(23)18-12-7-5-4-6-8-12/h4-10H,11H2,1-3H3,(H,18,23). The zero-order valence-electron chi connectivity index (χ0n) is 14.3. The Balaban J connectivity index is 1.81. The van der Waals surface area contributed by atoms with Crippen molar-refractivity contribution in [1.82, 2.24) is 19.4 Å². The van der Waals surface area contributed by atoms with Gasteiger partial charge in [-0.25, -0.2) is 9.48 Å². The maximum absolute atomic E-state index is 12.4. The maximum Gasteiger partial charge on any atom is 0.367 e. The third-order valence-corrected chi connectivity index (χ3v) is 4.22. The highest BCUT2D eigenvalue weighted by Gasteiger charge is 2.16. The van der Waals surface area contributed by atoms with Crippen LogP contribution in [0.3, 0.4) is 0 Å². The van der Waals surface area contributed by atoms with Gasteiger partial charge in [0.05, 0.1) is 0 Å². The maximum atomic E-state index is 12.4. The number of fused-ring (bicyclic) bond motifs is 1. The first-order valence-corrected chi connectivity index (χ1v) is 8.64. The van der Waals surface area contributed by atoms with E-state index in [1.807, 2.05) is 24.3 Å². The Kier molecular flexibility index (Phi) is 4.63. The second-order valence-electron chi connectivity index (χ2n) is 6.51. The normalized spacial score (nSPS) is 11.6. The van der Waals surface area contributed by atoms with Gasteiger partial charge in [-0.05, 0) is 24.3 Å². The molecule has 1 aromatic carbocycles. The Morgan fingerprint density at radius 3 is 2.52 bits per heavy atom. The summed E-state index contributed by atoms with van der Waals surface area (Å²) in [5.74, 6) is -0.319. The van der Waals surface area contributed by atoms with Gasteiger partial charge in [-0.2, -0.15) is 9.61 Å². The highest BCUT2D eigenvalue weighted by Crippen LogP contribution is 2.29. The first-order chi connectivity index (χ1) is 11.8. The Labute approximate surface area is 149 Å². The molecule has 1 amide bonds. The average molecular weight is 357 g/mol. The van der Waals surface area contributed by atoms with Gasteiger partial charge in [-0.15, -0.1) is 5.10 Å². The van der Waals surface area contributed by atoms with E-state index in [4.69, 9.17) is 0 Å². The molecule has 2 heterocycles. The lowest BCUT2D eigenvalue weighted by Crippen LogP contribution is -2.28. The first-order valence-electron chi connectivity index (χ1n) is 7.83. The van der Waals surface area contributed by atoms with E-state index in [1.165, 1.54) is 4.52 Å². The number of thioether (sulfide) groups is 1. The molecule has 0 bridgehead atoms. The van der Waals surface area contributed by atoms with Crippen molar-refractivity contribution >= 4 is 29.0 Å². The number of benzene rings is 1.